The van der Waals surface area contributed by atoms with Gasteiger partial charge < -0.3 is 15.0 Å². The van der Waals surface area contributed by atoms with Crippen molar-refractivity contribution in [1.82, 2.24) is 4.98 Å². The van der Waals surface area contributed by atoms with Crippen molar-refractivity contribution in [2.45, 2.75) is 12.8 Å². The summed E-state index contributed by atoms with van der Waals surface area (Å²) in [6, 6.07) is 11.9. The first-order chi connectivity index (χ1) is 13.1. The molecule has 0 radical (unpaired) electrons. The molecule has 0 bridgehead atoms. The van der Waals surface area contributed by atoms with Crippen molar-refractivity contribution in [3.63, 3.8) is 0 Å². The number of thiophene rings is 1. The number of nitrogens with zero attached hydrogens (tertiary/aromatic N) is 2. The number of anilines is 2. The van der Waals surface area contributed by atoms with Crippen LogP contribution in [-0.4, -0.2) is 32.1 Å². The lowest BCUT2D eigenvalue weighted by atomic mass is 9.91. The van der Waals surface area contributed by atoms with Crippen molar-refractivity contribution in [1.29, 1.82) is 0 Å². The van der Waals surface area contributed by atoms with Crippen LogP contribution in [0.4, 0.5) is 11.5 Å². The number of aromatic nitrogens is 1. The number of rotatable bonds is 4. The quantitative estimate of drug-likeness (QED) is 0.737. The number of carbonyl (C=O) groups excluding carboxylic acids is 1. The van der Waals surface area contributed by atoms with Crippen LogP contribution in [0.3, 0.4) is 0 Å². The normalized spacial score (nSPS) is 12.1. The number of aryl methyl sites for hydroxylation is 2. The second-order valence-electron chi connectivity index (χ2n) is 6.71. The third kappa shape index (κ3) is 3.28. The van der Waals surface area contributed by atoms with Crippen LogP contribution >= 0.6 is 11.3 Å². The summed E-state index contributed by atoms with van der Waals surface area (Å²) in [6.07, 6.45) is 3.62. The number of amides is 1. The van der Waals surface area contributed by atoms with Gasteiger partial charge in [0.25, 0.3) is 5.91 Å². The van der Waals surface area contributed by atoms with E-state index >= 15 is 0 Å². The molecule has 5 nitrogen and oxygen atoms in total. The molecular formula is C21H21N3O2S. The standard InChI is InChI=1S/C21H21N3O2S/c1-24(2)20-17(5-4-10-22-20)23-21(25)18-12-14-7-6-13-11-15(26-3)8-9-16(13)19(14)27-18/h4-5,8-12H,6-7H2,1-3H3,(H,23,25). The Bertz CT molecular complexity index is 1010. The molecule has 27 heavy (non-hydrogen) atoms. The highest BCUT2D eigenvalue weighted by molar-refractivity contribution is 7.17. The molecule has 0 saturated heterocycles. The Labute approximate surface area is 162 Å². The predicted octanol–water partition coefficient (Wildman–Crippen LogP) is 4.24. The lowest BCUT2D eigenvalue weighted by molar-refractivity contribution is 0.103. The number of pyridine rings is 1. The summed E-state index contributed by atoms with van der Waals surface area (Å²) in [5.41, 5.74) is 4.43. The van der Waals surface area contributed by atoms with Crippen molar-refractivity contribution in [3.05, 3.63) is 58.6 Å². The van der Waals surface area contributed by atoms with E-state index < -0.39 is 0 Å². The molecule has 138 valence electrons. The zero-order chi connectivity index (χ0) is 19.0. The maximum atomic E-state index is 12.9. The summed E-state index contributed by atoms with van der Waals surface area (Å²) >= 11 is 1.55. The van der Waals surface area contributed by atoms with Gasteiger partial charge in [-0.2, -0.15) is 0 Å². The van der Waals surface area contributed by atoms with Crippen molar-refractivity contribution >= 4 is 28.7 Å². The average Bonchev–Trinajstić information content (AvgIpc) is 3.12. The molecule has 0 saturated carbocycles. The molecule has 1 aliphatic carbocycles. The zero-order valence-corrected chi connectivity index (χ0v) is 16.4. The summed E-state index contributed by atoms with van der Waals surface area (Å²) in [4.78, 5) is 21.0. The van der Waals surface area contributed by atoms with Gasteiger partial charge in [0.15, 0.2) is 5.82 Å². The Morgan fingerprint density at radius 3 is 2.78 bits per heavy atom. The maximum absolute atomic E-state index is 12.9. The Hall–Kier alpha value is -2.86. The van der Waals surface area contributed by atoms with Gasteiger partial charge in [-0.15, -0.1) is 11.3 Å². The van der Waals surface area contributed by atoms with Crippen LogP contribution in [0.25, 0.3) is 10.4 Å². The van der Waals surface area contributed by atoms with Gasteiger partial charge >= 0.3 is 0 Å². The first-order valence-electron chi connectivity index (χ1n) is 8.80. The van der Waals surface area contributed by atoms with E-state index in [9.17, 15) is 4.79 Å². The lowest BCUT2D eigenvalue weighted by Gasteiger charge is -2.16. The van der Waals surface area contributed by atoms with E-state index in [1.807, 2.05) is 43.3 Å². The number of methoxy groups -OCH3 is 1. The number of carbonyl (C=O) groups is 1. The van der Waals surface area contributed by atoms with Crippen LogP contribution in [0.5, 0.6) is 5.75 Å². The smallest absolute Gasteiger partial charge is 0.265 e. The van der Waals surface area contributed by atoms with Gasteiger partial charge in [0, 0.05) is 25.2 Å². The minimum Gasteiger partial charge on any atom is -0.497 e. The number of hydrogen-bond donors (Lipinski definition) is 1. The molecule has 1 N–H and O–H groups in total. The van der Waals surface area contributed by atoms with Crippen LogP contribution < -0.4 is 15.0 Å². The second kappa shape index (κ2) is 7.04. The predicted molar refractivity (Wildman–Crippen MR) is 110 cm³/mol. The van der Waals surface area contributed by atoms with Crippen molar-refractivity contribution in [3.8, 4) is 16.2 Å². The molecule has 2 heterocycles. The molecule has 4 rings (SSSR count). The van der Waals surface area contributed by atoms with Crippen LogP contribution in [0.2, 0.25) is 0 Å². The molecule has 3 aromatic rings. The van der Waals surface area contributed by atoms with Gasteiger partial charge in [-0.3, -0.25) is 4.79 Å². The van der Waals surface area contributed by atoms with Crippen LogP contribution in [0, 0.1) is 0 Å². The number of fused-ring (bicyclic) bond motifs is 3. The second-order valence-corrected chi connectivity index (χ2v) is 7.76. The molecule has 0 fully saturated rings. The number of benzene rings is 1. The summed E-state index contributed by atoms with van der Waals surface area (Å²) in [7, 11) is 5.50. The molecule has 0 atom stereocenters. The van der Waals surface area contributed by atoms with Gasteiger partial charge in [0.05, 0.1) is 17.7 Å². The van der Waals surface area contributed by atoms with E-state index in [1.54, 1.807) is 24.6 Å². The van der Waals surface area contributed by atoms with Gasteiger partial charge in [-0.1, -0.05) is 0 Å². The van der Waals surface area contributed by atoms with Gasteiger partial charge in [0.1, 0.15) is 5.75 Å². The molecule has 6 heteroatoms. The van der Waals surface area contributed by atoms with Gasteiger partial charge in [-0.25, -0.2) is 4.98 Å². The molecule has 0 aliphatic heterocycles. The molecule has 2 aromatic heterocycles. The molecule has 0 spiro atoms. The van der Waals surface area contributed by atoms with E-state index in [2.05, 4.69) is 22.4 Å². The Morgan fingerprint density at radius 1 is 1.19 bits per heavy atom. The number of ether oxygens (including phenoxy) is 1. The van der Waals surface area contributed by atoms with Crippen molar-refractivity contribution < 1.29 is 9.53 Å². The Morgan fingerprint density at radius 2 is 2.00 bits per heavy atom. The summed E-state index contributed by atoms with van der Waals surface area (Å²) < 4.78 is 5.34. The fraction of sp³-hybridized carbons (Fsp3) is 0.238. The van der Waals surface area contributed by atoms with E-state index in [1.165, 1.54) is 21.6 Å². The average molecular weight is 379 g/mol. The highest BCUT2D eigenvalue weighted by Crippen LogP contribution is 2.41. The maximum Gasteiger partial charge on any atom is 0.265 e. The Balaban J connectivity index is 1.64. The highest BCUT2D eigenvalue weighted by atomic mass is 32.1. The largest absolute Gasteiger partial charge is 0.497 e. The molecular weight excluding hydrogens is 358 g/mol. The monoisotopic (exact) mass is 379 g/mol. The number of hydrogen-bond acceptors (Lipinski definition) is 5. The SMILES string of the molecule is COc1ccc2c(c1)CCc1cc(C(=O)Nc3cccnc3N(C)C)sc1-2. The van der Waals surface area contributed by atoms with Crippen LogP contribution in [0.15, 0.2) is 42.6 Å². The van der Waals surface area contributed by atoms with Gasteiger partial charge in [-0.05, 0) is 65.9 Å². The van der Waals surface area contributed by atoms with E-state index in [0.29, 0.717) is 5.69 Å². The number of nitrogens with one attached hydrogen (secondary N) is 1. The Kier molecular flexibility index (Phi) is 4.58. The fourth-order valence-electron chi connectivity index (χ4n) is 3.38. The molecule has 1 aliphatic rings. The fourth-order valence-corrected chi connectivity index (χ4v) is 4.55. The van der Waals surface area contributed by atoms with Crippen LogP contribution in [0.1, 0.15) is 20.8 Å². The van der Waals surface area contributed by atoms with Crippen LogP contribution in [-0.2, 0) is 12.8 Å². The highest BCUT2D eigenvalue weighted by Gasteiger charge is 2.22. The van der Waals surface area contributed by atoms with Crippen molar-refractivity contribution in [2.75, 3.05) is 31.4 Å². The minimum atomic E-state index is -0.0967. The zero-order valence-electron chi connectivity index (χ0n) is 15.6. The third-order valence-electron chi connectivity index (χ3n) is 4.71. The molecule has 1 amide bonds. The van der Waals surface area contributed by atoms with E-state index in [0.717, 1.165) is 29.3 Å². The summed E-state index contributed by atoms with van der Waals surface area (Å²) in [5.74, 6) is 1.52. The molecule has 0 unspecified atom stereocenters. The third-order valence-corrected chi connectivity index (χ3v) is 5.92. The minimum absolute atomic E-state index is 0.0967. The van der Waals surface area contributed by atoms with E-state index in [-0.39, 0.29) is 5.91 Å². The first-order valence-corrected chi connectivity index (χ1v) is 9.62. The lowest BCUT2D eigenvalue weighted by Crippen LogP contribution is -2.17. The molecule has 1 aromatic carbocycles. The van der Waals surface area contributed by atoms with E-state index in [4.69, 9.17) is 4.74 Å². The van der Waals surface area contributed by atoms with Gasteiger partial charge in [0.2, 0.25) is 0 Å². The first kappa shape index (κ1) is 17.5. The summed E-state index contributed by atoms with van der Waals surface area (Å²) in [5, 5.41) is 3.01. The van der Waals surface area contributed by atoms with Crippen molar-refractivity contribution in [2.24, 2.45) is 0 Å². The topological polar surface area (TPSA) is 54.5 Å². The summed E-state index contributed by atoms with van der Waals surface area (Å²) in [6.45, 7) is 0.